The van der Waals surface area contributed by atoms with Gasteiger partial charge in [-0.15, -0.1) is 0 Å². The van der Waals surface area contributed by atoms with Crippen molar-refractivity contribution in [1.29, 1.82) is 0 Å². The second-order valence-electron chi connectivity index (χ2n) is 7.49. The summed E-state index contributed by atoms with van der Waals surface area (Å²) < 4.78 is 28.5. The van der Waals surface area contributed by atoms with Crippen LogP contribution in [-0.4, -0.2) is 40.1 Å². The highest BCUT2D eigenvalue weighted by atomic mass is 35.5. The van der Waals surface area contributed by atoms with Crippen molar-refractivity contribution >= 4 is 62.1 Å². The topological polar surface area (TPSA) is 110 Å². The molecule has 8 nitrogen and oxygen atoms in total. The van der Waals surface area contributed by atoms with Crippen LogP contribution >= 0.6 is 34.8 Å². The summed E-state index contributed by atoms with van der Waals surface area (Å²) in [7, 11) is -4.71. The van der Waals surface area contributed by atoms with Crippen LogP contribution in [-0.2, 0) is 10.0 Å². The standard InChI is InChI=1S/C23H16Cl3N3O5S/c24-16-12-10-15(11-13-16)21(30)20-19(14-6-2-1-3-7-14)27-23(22(25)26)28(20)35(33,34)18-9-5-4-8-17(18)29(31)32/h1-13,19-20,22H/t19-,20+/m1/s1. The number of carbonyl (C=O) groups is 1. The Hall–Kier alpha value is -2.98. The first-order valence-electron chi connectivity index (χ1n) is 10.1. The summed E-state index contributed by atoms with van der Waals surface area (Å²) in [4.78, 5) is 26.9. The van der Waals surface area contributed by atoms with E-state index in [0.717, 1.165) is 12.1 Å². The Kier molecular flexibility index (Phi) is 7.14. The Morgan fingerprint density at radius 2 is 1.57 bits per heavy atom. The fourth-order valence-corrected chi connectivity index (χ4v) is 6.18. The van der Waals surface area contributed by atoms with Gasteiger partial charge >= 0.3 is 0 Å². The van der Waals surface area contributed by atoms with Crippen LogP contribution in [0.25, 0.3) is 0 Å². The number of aliphatic imine (C=N–C) groups is 1. The zero-order valence-corrected chi connectivity index (χ0v) is 20.7. The van der Waals surface area contributed by atoms with Gasteiger partial charge in [-0.1, -0.05) is 77.3 Å². The number of nitro benzene ring substituents is 1. The number of halogens is 3. The van der Waals surface area contributed by atoms with Gasteiger partial charge in [0.15, 0.2) is 15.5 Å². The summed E-state index contributed by atoms with van der Waals surface area (Å²) in [6, 6.07) is 16.8. The van der Waals surface area contributed by atoms with Gasteiger partial charge in [0.1, 0.15) is 17.9 Å². The lowest BCUT2D eigenvalue weighted by Crippen LogP contribution is -2.48. The minimum Gasteiger partial charge on any atom is -0.292 e. The average Bonchev–Trinajstić information content (AvgIpc) is 3.26. The number of sulfonamides is 1. The Labute approximate surface area is 216 Å². The number of ketones is 1. The van der Waals surface area contributed by atoms with E-state index < -0.39 is 48.2 Å². The van der Waals surface area contributed by atoms with Crippen molar-refractivity contribution in [3.63, 3.8) is 0 Å². The minimum atomic E-state index is -4.71. The van der Waals surface area contributed by atoms with Gasteiger partial charge < -0.3 is 0 Å². The maximum atomic E-state index is 13.9. The monoisotopic (exact) mass is 551 g/mol. The molecule has 12 heteroatoms. The van der Waals surface area contributed by atoms with Gasteiger partial charge in [-0.2, -0.15) is 0 Å². The Bertz CT molecular complexity index is 1410. The molecular weight excluding hydrogens is 537 g/mol. The summed E-state index contributed by atoms with van der Waals surface area (Å²) in [5, 5.41) is 12.0. The maximum absolute atomic E-state index is 13.9. The first-order valence-corrected chi connectivity index (χ1v) is 12.8. The molecule has 1 aliphatic rings. The zero-order chi connectivity index (χ0) is 25.3. The molecule has 0 spiro atoms. The van der Waals surface area contributed by atoms with Crippen LogP contribution in [0.1, 0.15) is 22.0 Å². The van der Waals surface area contributed by atoms with Crippen molar-refractivity contribution in [1.82, 2.24) is 4.31 Å². The predicted octanol–water partition coefficient (Wildman–Crippen LogP) is 5.45. The molecular formula is C23H16Cl3N3O5S. The summed E-state index contributed by atoms with van der Waals surface area (Å²) in [6.45, 7) is 0. The van der Waals surface area contributed by atoms with Crippen molar-refractivity contribution in [3.05, 3.63) is 105 Å². The average molecular weight is 553 g/mol. The second kappa shape index (κ2) is 9.94. The van der Waals surface area contributed by atoms with E-state index in [9.17, 15) is 23.3 Å². The number of hydrogen-bond donors (Lipinski definition) is 0. The van der Waals surface area contributed by atoms with Crippen LogP contribution in [0.3, 0.4) is 0 Å². The normalized spacial score (nSPS) is 17.9. The Morgan fingerprint density at radius 1 is 0.971 bits per heavy atom. The molecule has 1 heterocycles. The molecule has 3 aromatic rings. The van der Waals surface area contributed by atoms with E-state index in [1.165, 1.54) is 36.4 Å². The third-order valence-electron chi connectivity index (χ3n) is 5.38. The quantitative estimate of drug-likeness (QED) is 0.168. The van der Waals surface area contributed by atoms with Gasteiger partial charge in [-0.25, -0.2) is 12.7 Å². The smallest absolute Gasteiger partial charge is 0.289 e. The van der Waals surface area contributed by atoms with E-state index in [1.54, 1.807) is 30.3 Å². The molecule has 0 N–H and O–H groups in total. The SMILES string of the molecule is O=C(c1ccc(Cl)cc1)[C@@H]1[C@@H](c2ccccc2)N=C(C(Cl)Cl)N1S(=O)(=O)c1ccccc1[N+](=O)[O-]. The molecule has 0 unspecified atom stereocenters. The molecule has 0 aliphatic carbocycles. The number of Topliss-reactive ketones (excluding diaryl/α,β-unsaturated/α-hetero) is 1. The molecule has 3 aromatic carbocycles. The first-order chi connectivity index (χ1) is 16.6. The molecule has 1 aliphatic heterocycles. The molecule has 0 radical (unpaired) electrons. The van der Waals surface area contributed by atoms with Crippen LogP contribution in [0.4, 0.5) is 5.69 Å². The highest BCUT2D eigenvalue weighted by Crippen LogP contribution is 2.40. The van der Waals surface area contributed by atoms with Crippen LogP contribution in [0.15, 0.2) is 88.8 Å². The number of alkyl halides is 2. The maximum Gasteiger partial charge on any atom is 0.289 e. The van der Waals surface area contributed by atoms with Gasteiger partial charge in [0.2, 0.25) is 0 Å². The number of para-hydroxylation sites is 1. The van der Waals surface area contributed by atoms with Gasteiger partial charge in [0, 0.05) is 16.7 Å². The fourth-order valence-electron chi connectivity index (χ4n) is 3.84. The van der Waals surface area contributed by atoms with E-state index in [-0.39, 0.29) is 11.4 Å². The van der Waals surface area contributed by atoms with E-state index in [2.05, 4.69) is 4.99 Å². The molecule has 0 bridgehead atoms. The molecule has 0 saturated heterocycles. The first kappa shape index (κ1) is 25.1. The van der Waals surface area contributed by atoms with Crippen molar-refractivity contribution in [2.24, 2.45) is 4.99 Å². The van der Waals surface area contributed by atoms with Crippen LogP contribution in [0, 0.1) is 10.1 Å². The van der Waals surface area contributed by atoms with Crippen molar-refractivity contribution in [2.75, 3.05) is 0 Å². The molecule has 180 valence electrons. The second-order valence-corrected chi connectivity index (χ2v) is 10.8. The van der Waals surface area contributed by atoms with E-state index in [0.29, 0.717) is 14.9 Å². The highest BCUT2D eigenvalue weighted by Gasteiger charge is 2.50. The lowest BCUT2D eigenvalue weighted by atomic mass is 9.94. The van der Waals surface area contributed by atoms with Crippen LogP contribution in [0.5, 0.6) is 0 Å². The summed E-state index contributed by atoms with van der Waals surface area (Å²) in [5.74, 6) is -0.918. The molecule has 35 heavy (non-hydrogen) atoms. The number of hydrogen-bond acceptors (Lipinski definition) is 6. The van der Waals surface area contributed by atoms with Crippen LogP contribution < -0.4 is 0 Å². The molecule has 0 saturated carbocycles. The summed E-state index contributed by atoms with van der Waals surface area (Å²) in [5.41, 5.74) is 0.0418. The van der Waals surface area contributed by atoms with E-state index >= 15 is 0 Å². The highest BCUT2D eigenvalue weighted by molar-refractivity contribution is 7.90. The van der Waals surface area contributed by atoms with Gasteiger partial charge in [0.25, 0.3) is 15.7 Å². The fraction of sp³-hybridized carbons (Fsp3) is 0.130. The Morgan fingerprint density at radius 3 is 2.17 bits per heavy atom. The number of carbonyl (C=O) groups excluding carboxylic acids is 1. The van der Waals surface area contributed by atoms with Gasteiger partial charge in [0.05, 0.1) is 4.92 Å². The van der Waals surface area contributed by atoms with Crippen molar-refractivity contribution in [2.45, 2.75) is 21.8 Å². The van der Waals surface area contributed by atoms with Gasteiger partial charge in [-0.05, 0) is 35.9 Å². The lowest BCUT2D eigenvalue weighted by molar-refractivity contribution is -0.387. The lowest BCUT2D eigenvalue weighted by Gasteiger charge is -2.29. The number of amidine groups is 1. The predicted molar refractivity (Wildman–Crippen MR) is 134 cm³/mol. The third-order valence-corrected chi connectivity index (χ3v) is 7.86. The minimum absolute atomic E-state index is 0.167. The number of nitrogens with zero attached hydrogens (tertiary/aromatic N) is 3. The van der Waals surface area contributed by atoms with E-state index in [1.807, 2.05) is 0 Å². The third kappa shape index (κ3) is 4.77. The largest absolute Gasteiger partial charge is 0.292 e. The zero-order valence-electron chi connectivity index (χ0n) is 17.7. The number of benzene rings is 3. The molecule has 0 fully saturated rings. The van der Waals surface area contributed by atoms with Crippen LogP contribution in [0.2, 0.25) is 5.02 Å². The summed E-state index contributed by atoms with van der Waals surface area (Å²) >= 11 is 18.2. The van der Waals surface area contributed by atoms with E-state index in [4.69, 9.17) is 34.8 Å². The van der Waals surface area contributed by atoms with Crippen molar-refractivity contribution in [3.8, 4) is 0 Å². The molecule has 0 aromatic heterocycles. The Balaban J connectivity index is 1.95. The number of rotatable bonds is 7. The van der Waals surface area contributed by atoms with Gasteiger partial charge in [-0.3, -0.25) is 19.9 Å². The molecule has 4 rings (SSSR count). The molecule has 0 amide bonds. The van der Waals surface area contributed by atoms with Crippen molar-refractivity contribution < 1.29 is 18.1 Å². The summed E-state index contributed by atoms with van der Waals surface area (Å²) in [6.07, 6.45) is 0. The number of nitro groups is 1. The molecule has 2 atom stereocenters.